The van der Waals surface area contributed by atoms with Crippen LogP contribution in [-0.2, 0) is 35.3 Å². The average Bonchev–Trinajstić information content (AvgIpc) is 4.02. The minimum Gasteiger partial charge on any atom is -0.497 e. The van der Waals surface area contributed by atoms with Crippen LogP contribution < -0.4 is 24.8 Å². The Hall–Kier alpha value is -4.89. The number of benzene rings is 1. The van der Waals surface area contributed by atoms with E-state index < -0.39 is 111 Å². The third-order valence-electron chi connectivity index (χ3n) is 10.9. The van der Waals surface area contributed by atoms with E-state index in [1.54, 1.807) is 12.2 Å². The molecule has 3 N–H and O–H groups in total. The Morgan fingerprint density at radius 1 is 1.05 bits per heavy atom. The molecule has 4 amide bonds. The summed E-state index contributed by atoms with van der Waals surface area (Å²) in [6.45, 7) is 1.47. The van der Waals surface area contributed by atoms with Gasteiger partial charge in [-0.25, -0.2) is 23.2 Å². The highest BCUT2D eigenvalue weighted by Gasteiger charge is 2.63. The number of alkyl carbamates (subject to hydrolysis) is 1. The number of rotatable bonds is 8. The molecule has 2 aromatic rings. The van der Waals surface area contributed by atoms with E-state index in [1.807, 2.05) is 0 Å². The molecular formula is C36H42F6N6O9S. The van der Waals surface area contributed by atoms with Crippen LogP contribution in [0.3, 0.4) is 0 Å². The number of allylic oxidation sites excluding steroid dienone is 1. The number of halogens is 6. The largest absolute Gasteiger partial charge is 0.497 e. The highest BCUT2D eigenvalue weighted by atomic mass is 32.2. The van der Waals surface area contributed by atoms with Gasteiger partial charge in [-0.05, 0) is 64.5 Å². The standard InChI is InChI=1S/C36H42F6N6O9S/c1-19(35(37,38)39)56-32(52)45-24-10-8-6-4-5-7-9-20-17-34(20,31(51)47-58(53,54)33(2)13-14-33)46-28(49)26-16-22(18-48(26)30(24)50)57-29-27(36(40,41)42)43-25-15-21(55-3)11-12-23(25)44-29/h7,9,11-12,15,19-20,22,24,26H,4-6,8,10,13-14,16-18H2,1-3H3,(H,45,52)(H,46,49)(H,47,51)/b9-7+/t19-,20-,22-,24+,26+,34-/m1/s1. The summed E-state index contributed by atoms with van der Waals surface area (Å²) in [6, 6.07) is 0.829. The zero-order chi connectivity index (χ0) is 42.4. The summed E-state index contributed by atoms with van der Waals surface area (Å²) in [5.41, 5.74) is -3.51. The van der Waals surface area contributed by atoms with Gasteiger partial charge in [0.1, 0.15) is 29.5 Å². The number of sulfonamides is 1. The van der Waals surface area contributed by atoms with Gasteiger partial charge < -0.3 is 29.7 Å². The summed E-state index contributed by atoms with van der Waals surface area (Å²) in [5, 5.41) is 4.76. The molecule has 2 saturated carbocycles. The number of nitrogens with zero attached hydrogens (tertiary/aromatic N) is 3. The second kappa shape index (κ2) is 15.7. The van der Waals surface area contributed by atoms with Crippen LogP contribution in [0.4, 0.5) is 31.1 Å². The van der Waals surface area contributed by atoms with E-state index in [4.69, 9.17) is 9.47 Å². The van der Waals surface area contributed by atoms with Gasteiger partial charge in [0.25, 0.3) is 5.91 Å². The first-order valence-corrected chi connectivity index (χ1v) is 20.0. The summed E-state index contributed by atoms with van der Waals surface area (Å²) in [5.74, 6) is -4.47. The summed E-state index contributed by atoms with van der Waals surface area (Å²) < 4.78 is 125. The highest BCUT2D eigenvalue weighted by molar-refractivity contribution is 7.91. The summed E-state index contributed by atoms with van der Waals surface area (Å²) in [6.07, 6.45) is -10.4. The maximum absolute atomic E-state index is 14.4. The van der Waals surface area contributed by atoms with E-state index in [0.29, 0.717) is 39.0 Å². The van der Waals surface area contributed by atoms with Gasteiger partial charge in [0.2, 0.25) is 33.4 Å². The molecule has 4 aliphatic rings. The summed E-state index contributed by atoms with van der Waals surface area (Å²) >= 11 is 0. The van der Waals surface area contributed by atoms with E-state index in [9.17, 15) is 53.9 Å². The molecule has 2 aliphatic heterocycles. The van der Waals surface area contributed by atoms with Gasteiger partial charge in [-0.2, -0.15) is 26.3 Å². The topological polar surface area (TPSA) is 195 Å². The fourth-order valence-corrected chi connectivity index (χ4v) is 8.23. The Labute approximate surface area is 328 Å². The van der Waals surface area contributed by atoms with Crippen molar-refractivity contribution in [2.24, 2.45) is 5.92 Å². The number of amides is 4. The minimum absolute atomic E-state index is 0.0166. The molecule has 2 aliphatic carbocycles. The lowest BCUT2D eigenvalue weighted by Gasteiger charge is -2.30. The van der Waals surface area contributed by atoms with Gasteiger partial charge >= 0.3 is 18.4 Å². The number of fused-ring (bicyclic) bond motifs is 3. The van der Waals surface area contributed by atoms with Crippen LogP contribution >= 0.6 is 0 Å². The van der Waals surface area contributed by atoms with E-state index in [-0.39, 0.29) is 36.0 Å². The average molecular weight is 849 g/mol. The number of methoxy groups -OCH3 is 1. The van der Waals surface area contributed by atoms with Crippen molar-refractivity contribution in [1.82, 2.24) is 30.2 Å². The minimum atomic E-state index is -5.09. The number of alkyl halides is 6. The van der Waals surface area contributed by atoms with Crippen molar-refractivity contribution in [3.8, 4) is 11.6 Å². The van der Waals surface area contributed by atoms with E-state index in [0.717, 1.165) is 4.90 Å². The van der Waals surface area contributed by atoms with Crippen LogP contribution in [0.5, 0.6) is 11.6 Å². The highest BCUT2D eigenvalue weighted by Crippen LogP contribution is 2.48. The fourth-order valence-electron chi connectivity index (χ4n) is 6.92. The number of aromatic nitrogens is 2. The van der Waals surface area contributed by atoms with Crippen molar-refractivity contribution in [1.29, 1.82) is 0 Å². The fraction of sp³-hybridized carbons (Fsp3) is 0.611. The number of ether oxygens (including phenoxy) is 3. The van der Waals surface area contributed by atoms with E-state index in [1.165, 1.54) is 32.2 Å². The molecule has 0 spiro atoms. The molecule has 1 aromatic heterocycles. The molecule has 6 atom stereocenters. The molecule has 0 bridgehead atoms. The molecule has 3 heterocycles. The molecule has 1 saturated heterocycles. The first kappa shape index (κ1) is 42.7. The third kappa shape index (κ3) is 9.05. The lowest BCUT2D eigenvalue weighted by Crippen LogP contribution is -2.58. The lowest BCUT2D eigenvalue weighted by molar-refractivity contribution is -0.197. The number of carbonyl (C=O) groups is 4. The summed E-state index contributed by atoms with van der Waals surface area (Å²) in [7, 11) is -2.86. The maximum Gasteiger partial charge on any atom is 0.438 e. The van der Waals surface area contributed by atoms with Crippen LogP contribution in [0.2, 0.25) is 0 Å². The molecular weight excluding hydrogens is 806 g/mol. The van der Waals surface area contributed by atoms with Crippen molar-refractivity contribution in [2.75, 3.05) is 13.7 Å². The van der Waals surface area contributed by atoms with Gasteiger partial charge in [0.05, 0.1) is 29.4 Å². The SMILES string of the molecule is COc1ccc2nc(O[C@@H]3C[C@H]4C(=O)N[C@]5(C(=O)NS(=O)(=O)C6(C)CC6)C[C@H]5/C=C/CCCCC[C@H](NC(=O)O[C@H](C)C(F)(F)F)C(=O)N4C3)c(C(F)(F)F)nc2c1. The number of hydrogen-bond donors (Lipinski definition) is 3. The number of nitrogens with one attached hydrogen (secondary N) is 3. The van der Waals surface area contributed by atoms with Crippen LogP contribution in [0, 0.1) is 5.92 Å². The zero-order valence-electron chi connectivity index (χ0n) is 31.5. The summed E-state index contributed by atoms with van der Waals surface area (Å²) in [4.78, 5) is 63.6. The monoisotopic (exact) mass is 848 g/mol. The molecule has 3 fully saturated rings. The van der Waals surface area contributed by atoms with Crippen molar-refractivity contribution in [3.63, 3.8) is 0 Å². The van der Waals surface area contributed by atoms with E-state index in [2.05, 4.69) is 30.1 Å². The Morgan fingerprint density at radius 2 is 1.78 bits per heavy atom. The maximum atomic E-state index is 14.4. The zero-order valence-corrected chi connectivity index (χ0v) is 32.4. The van der Waals surface area contributed by atoms with Gasteiger partial charge in [-0.3, -0.25) is 19.1 Å². The van der Waals surface area contributed by atoms with Crippen LogP contribution in [0.1, 0.15) is 77.3 Å². The predicted molar refractivity (Wildman–Crippen MR) is 190 cm³/mol. The van der Waals surface area contributed by atoms with Crippen molar-refractivity contribution < 1.29 is 68.1 Å². The van der Waals surface area contributed by atoms with E-state index >= 15 is 0 Å². The smallest absolute Gasteiger partial charge is 0.438 e. The van der Waals surface area contributed by atoms with Crippen LogP contribution in [-0.4, -0.2) is 102 Å². The molecule has 0 unspecified atom stereocenters. The van der Waals surface area contributed by atoms with Gasteiger partial charge in [0.15, 0.2) is 6.10 Å². The second-order valence-electron chi connectivity index (χ2n) is 15.2. The van der Waals surface area contributed by atoms with Gasteiger partial charge in [0, 0.05) is 18.4 Å². The first-order valence-electron chi connectivity index (χ1n) is 18.6. The molecule has 58 heavy (non-hydrogen) atoms. The van der Waals surface area contributed by atoms with Gasteiger partial charge in [-0.1, -0.05) is 25.0 Å². The Morgan fingerprint density at radius 3 is 2.43 bits per heavy atom. The molecule has 6 rings (SSSR count). The molecule has 15 nitrogen and oxygen atoms in total. The normalized spacial score (nSPS) is 27.4. The number of hydrogen-bond acceptors (Lipinski definition) is 11. The van der Waals surface area contributed by atoms with Crippen LogP contribution in [0.25, 0.3) is 11.0 Å². The lowest BCUT2D eigenvalue weighted by atomic mass is 10.0. The van der Waals surface area contributed by atoms with Crippen molar-refractivity contribution in [3.05, 3.63) is 36.0 Å². The Kier molecular flexibility index (Phi) is 11.6. The second-order valence-corrected chi connectivity index (χ2v) is 17.4. The molecule has 0 radical (unpaired) electrons. The Balaban J connectivity index is 1.34. The van der Waals surface area contributed by atoms with Gasteiger partial charge in [-0.15, -0.1) is 0 Å². The molecule has 22 heteroatoms. The Bertz CT molecular complexity index is 2100. The predicted octanol–water partition coefficient (Wildman–Crippen LogP) is 4.44. The molecule has 318 valence electrons. The van der Waals surface area contributed by atoms with Crippen molar-refractivity contribution >= 4 is 44.9 Å². The number of carbonyl (C=O) groups excluding carboxylic acids is 4. The van der Waals surface area contributed by atoms with Crippen LogP contribution in [0.15, 0.2) is 30.4 Å². The molecule has 1 aromatic carbocycles. The quantitative estimate of drug-likeness (QED) is 0.251. The third-order valence-corrected chi connectivity index (χ3v) is 13.1. The van der Waals surface area contributed by atoms with Crippen molar-refractivity contribution in [2.45, 2.75) is 119 Å². The first-order chi connectivity index (χ1) is 27.1.